The molecule has 0 radical (unpaired) electrons. The normalized spacial score (nSPS) is 12.3. The predicted molar refractivity (Wildman–Crippen MR) is 39.9 cm³/mol. The molecule has 0 aliphatic rings. The van der Waals surface area contributed by atoms with Gasteiger partial charge in [-0.05, 0) is 6.92 Å². The first kappa shape index (κ1) is 6.29. The minimum atomic E-state index is -0.0347. The fourth-order valence-electron chi connectivity index (χ4n) is 0.583. The lowest BCUT2D eigenvalue weighted by atomic mass is 10.6. The SMILES string of the molecule is C=c1[nH]c(=O)/c(=C\C)s1. The van der Waals surface area contributed by atoms with Gasteiger partial charge in [-0.25, -0.2) is 0 Å². The Hall–Kier alpha value is -0.830. The van der Waals surface area contributed by atoms with Crippen LogP contribution in [0.15, 0.2) is 4.79 Å². The molecule has 1 aromatic rings. The third-order valence-corrected chi connectivity index (χ3v) is 1.96. The molecule has 1 rings (SSSR count). The number of aromatic amines is 1. The highest BCUT2D eigenvalue weighted by molar-refractivity contribution is 7.07. The lowest BCUT2D eigenvalue weighted by Crippen LogP contribution is -2.18. The van der Waals surface area contributed by atoms with Gasteiger partial charge in [0.15, 0.2) is 0 Å². The highest BCUT2D eigenvalue weighted by atomic mass is 32.1. The van der Waals surface area contributed by atoms with Crippen LogP contribution < -0.4 is 14.8 Å². The Kier molecular flexibility index (Phi) is 1.53. The minimum absolute atomic E-state index is 0.0347. The molecule has 9 heavy (non-hydrogen) atoms. The highest BCUT2D eigenvalue weighted by Crippen LogP contribution is 1.63. The van der Waals surface area contributed by atoms with Crippen molar-refractivity contribution >= 4 is 24.0 Å². The molecule has 0 amide bonds. The molecule has 0 atom stereocenters. The van der Waals surface area contributed by atoms with E-state index in [1.54, 1.807) is 6.08 Å². The van der Waals surface area contributed by atoms with Crippen molar-refractivity contribution in [3.8, 4) is 0 Å². The van der Waals surface area contributed by atoms with Gasteiger partial charge >= 0.3 is 0 Å². The van der Waals surface area contributed by atoms with Crippen molar-refractivity contribution in [1.29, 1.82) is 0 Å². The van der Waals surface area contributed by atoms with Gasteiger partial charge in [0.1, 0.15) is 0 Å². The van der Waals surface area contributed by atoms with E-state index in [4.69, 9.17) is 0 Å². The van der Waals surface area contributed by atoms with Crippen LogP contribution >= 0.6 is 11.3 Å². The summed E-state index contributed by atoms with van der Waals surface area (Å²) in [5.74, 6) is 0. The quantitative estimate of drug-likeness (QED) is 0.526. The Morgan fingerprint density at radius 2 is 2.44 bits per heavy atom. The molecule has 1 heterocycles. The monoisotopic (exact) mass is 141 g/mol. The summed E-state index contributed by atoms with van der Waals surface area (Å²) in [6.45, 7) is 5.43. The standard InChI is InChI=1S/C6H7NOS/c1-3-5-6(8)7-4(2)9-5/h3H,2H2,1H3,(H,7,8)/b5-3+. The zero-order chi connectivity index (χ0) is 6.85. The van der Waals surface area contributed by atoms with Gasteiger partial charge in [-0.1, -0.05) is 12.7 Å². The van der Waals surface area contributed by atoms with Crippen LogP contribution in [-0.4, -0.2) is 4.98 Å². The first-order chi connectivity index (χ1) is 4.24. The predicted octanol–water partition coefficient (Wildman–Crippen LogP) is -0.353. The molecule has 0 unspecified atom stereocenters. The van der Waals surface area contributed by atoms with Crippen molar-refractivity contribution in [1.82, 2.24) is 4.98 Å². The maximum Gasteiger partial charge on any atom is 0.266 e. The van der Waals surface area contributed by atoms with Gasteiger partial charge in [0.05, 0.1) is 9.20 Å². The Morgan fingerprint density at radius 3 is 2.67 bits per heavy atom. The van der Waals surface area contributed by atoms with Crippen LogP contribution in [-0.2, 0) is 0 Å². The first-order valence-electron chi connectivity index (χ1n) is 2.58. The Morgan fingerprint density at radius 1 is 1.78 bits per heavy atom. The molecule has 2 nitrogen and oxygen atoms in total. The zero-order valence-corrected chi connectivity index (χ0v) is 5.92. The maximum absolute atomic E-state index is 10.8. The summed E-state index contributed by atoms with van der Waals surface area (Å²) in [4.78, 5) is 13.3. The molecule has 0 aromatic carbocycles. The van der Waals surface area contributed by atoms with Gasteiger partial charge < -0.3 is 4.98 Å². The number of H-pyrrole nitrogens is 1. The molecule has 1 N–H and O–H groups in total. The van der Waals surface area contributed by atoms with Crippen LogP contribution in [0, 0.1) is 0 Å². The molecule has 3 heteroatoms. The lowest BCUT2D eigenvalue weighted by molar-refractivity contribution is 1.26. The molecule has 0 spiro atoms. The van der Waals surface area contributed by atoms with Crippen LogP contribution in [0.2, 0.25) is 0 Å². The smallest absolute Gasteiger partial charge is 0.266 e. The van der Waals surface area contributed by atoms with Crippen molar-refractivity contribution in [3.05, 3.63) is 19.5 Å². The number of rotatable bonds is 0. The number of aromatic nitrogens is 1. The Bertz CT molecular complexity index is 346. The Labute approximate surface area is 56.2 Å². The van der Waals surface area contributed by atoms with Crippen molar-refractivity contribution in [2.75, 3.05) is 0 Å². The molecule has 0 fully saturated rings. The Balaban J connectivity index is 3.72. The van der Waals surface area contributed by atoms with Crippen molar-refractivity contribution in [3.63, 3.8) is 0 Å². The summed E-state index contributed by atoms with van der Waals surface area (Å²) in [6, 6.07) is 0. The van der Waals surface area contributed by atoms with Gasteiger partial charge in [-0.2, -0.15) is 0 Å². The summed E-state index contributed by atoms with van der Waals surface area (Å²) < 4.78 is 1.45. The molecule has 0 saturated carbocycles. The van der Waals surface area contributed by atoms with E-state index in [2.05, 4.69) is 11.6 Å². The van der Waals surface area contributed by atoms with Gasteiger partial charge in [0.2, 0.25) is 0 Å². The molecule has 0 aliphatic carbocycles. The summed E-state index contributed by atoms with van der Waals surface area (Å²) >= 11 is 1.38. The van der Waals surface area contributed by atoms with Crippen LogP contribution in [0.5, 0.6) is 0 Å². The average molecular weight is 141 g/mol. The van der Waals surface area contributed by atoms with Gasteiger partial charge in [0.25, 0.3) is 5.56 Å². The van der Waals surface area contributed by atoms with Gasteiger partial charge in [0, 0.05) is 0 Å². The fraction of sp³-hybridized carbons (Fsp3) is 0.167. The first-order valence-corrected chi connectivity index (χ1v) is 3.40. The summed E-state index contributed by atoms with van der Waals surface area (Å²) in [7, 11) is 0. The second-order valence-corrected chi connectivity index (χ2v) is 2.77. The topological polar surface area (TPSA) is 32.9 Å². The number of nitrogens with one attached hydrogen (secondary N) is 1. The molecule has 0 saturated heterocycles. The van der Waals surface area contributed by atoms with E-state index in [1.807, 2.05) is 6.92 Å². The van der Waals surface area contributed by atoms with Gasteiger partial charge in [-0.3, -0.25) is 4.79 Å². The second-order valence-electron chi connectivity index (χ2n) is 1.63. The summed E-state index contributed by atoms with van der Waals surface area (Å²) in [6.07, 6.45) is 1.78. The van der Waals surface area contributed by atoms with E-state index in [1.165, 1.54) is 11.3 Å². The summed E-state index contributed by atoms with van der Waals surface area (Å²) in [5.41, 5.74) is -0.0347. The van der Waals surface area contributed by atoms with Crippen molar-refractivity contribution < 1.29 is 0 Å². The lowest BCUT2D eigenvalue weighted by Gasteiger charge is -1.60. The van der Waals surface area contributed by atoms with Crippen molar-refractivity contribution in [2.45, 2.75) is 6.92 Å². The van der Waals surface area contributed by atoms with E-state index in [9.17, 15) is 4.79 Å². The number of hydrogen-bond acceptors (Lipinski definition) is 2. The van der Waals surface area contributed by atoms with E-state index >= 15 is 0 Å². The molecule has 1 aromatic heterocycles. The third kappa shape index (κ3) is 1.10. The highest BCUT2D eigenvalue weighted by Gasteiger charge is 1.86. The van der Waals surface area contributed by atoms with E-state index in [0.717, 1.165) is 4.53 Å². The molecular weight excluding hydrogens is 134 g/mol. The molecule has 0 bridgehead atoms. The van der Waals surface area contributed by atoms with E-state index < -0.39 is 0 Å². The van der Waals surface area contributed by atoms with Gasteiger partial charge in [-0.15, -0.1) is 11.3 Å². The maximum atomic E-state index is 10.8. The second kappa shape index (κ2) is 2.19. The fourth-order valence-corrected chi connectivity index (χ4v) is 1.25. The van der Waals surface area contributed by atoms with Crippen molar-refractivity contribution in [2.24, 2.45) is 0 Å². The van der Waals surface area contributed by atoms with E-state index in [-0.39, 0.29) is 5.56 Å². The number of thiazole rings is 1. The third-order valence-electron chi connectivity index (χ3n) is 0.972. The van der Waals surface area contributed by atoms with Crippen LogP contribution in [0.1, 0.15) is 6.92 Å². The average Bonchev–Trinajstić information content (AvgIpc) is 2.10. The van der Waals surface area contributed by atoms with Crippen LogP contribution in [0.4, 0.5) is 0 Å². The minimum Gasteiger partial charge on any atom is -0.313 e. The number of hydrogen-bond donors (Lipinski definition) is 1. The largest absolute Gasteiger partial charge is 0.313 e. The molecular formula is C6H7NOS. The van der Waals surface area contributed by atoms with E-state index in [0.29, 0.717) is 4.66 Å². The summed E-state index contributed by atoms with van der Waals surface area (Å²) in [5, 5.41) is 0. The van der Waals surface area contributed by atoms with Crippen LogP contribution in [0.25, 0.3) is 12.7 Å². The zero-order valence-electron chi connectivity index (χ0n) is 5.10. The molecule has 48 valence electrons. The van der Waals surface area contributed by atoms with Crippen LogP contribution in [0.3, 0.4) is 0 Å². The molecule has 0 aliphatic heterocycles.